The number of aryl methyl sites for hydroxylation is 2. The molecule has 0 aliphatic carbocycles. The quantitative estimate of drug-likeness (QED) is 0.934. The molecule has 0 spiro atoms. The van der Waals surface area contributed by atoms with E-state index in [9.17, 15) is 4.79 Å². The first kappa shape index (κ1) is 16.8. The van der Waals surface area contributed by atoms with Crippen molar-refractivity contribution in [3.05, 3.63) is 28.8 Å². The summed E-state index contributed by atoms with van der Waals surface area (Å²) >= 11 is 0. The van der Waals surface area contributed by atoms with Gasteiger partial charge in [-0.05, 0) is 70.2 Å². The van der Waals surface area contributed by atoms with E-state index in [1.807, 2.05) is 38.7 Å². The van der Waals surface area contributed by atoms with Gasteiger partial charge in [0.05, 0.1) is 0 Å². The summed E-state index contributed by atoms with van der Waals surface area (Å²) in [6, 6.07) is 4.35. The zero-order chi connectivity index (χ0) is 16.5. The van der Waals surface area contributed by atoms with Crippen LogP contribution in [0, 0.1) is 20.8 Å². The molecule has 1 aliphatic rings. The fraction of sp³-hybridized carbons (Fsp3) is 0.611. The number of nitrogens with zero attached hydrogens (tertiary/aromatic N) is 1. The van der Waals surface area contributed by atoms with Gasteiger partial charge < -0.3 is 15.4 Å². The summed E-state index contributed by atoms with van der Waals surface area (Å²) in [7, 11) is 0. The summed E-state index contributed by atoms with van der Waals surface area (Å²) in [5.74, 6) is 0.836. The topological polar surface area (TPSA) is 55.6 Å². The molecule has 2 N–H and O–H groups in total. The molecule has 122 valence electrons. The number of piperidine rings is 1. The zero-order valence-electron chi connectivity index (χ0n) is 14.4. The fourth-order valence-electron chi connectivity index (χ4n) is 2.91. The van der Waals surface area contributed by atoms with E-state index in [-0.39, 0.29) is 11.9 Å². The molecule has 1 aliphatic heterocycles. The molecule has 0 aromatic heterocycles. The van der Waals surface area contributed by atoms with Crippen LogP contribution < -0.4 is 10.5 Å². The monoisotopic (exact) mass is 304 g/mol. The summed E-state index contributed by atoms with van der Waals surface area (Å²) in [5.41, 5.74) is 8.46. The lowest BCUT2D eigenvalue weighted by atomic mass is 10.0. The highest BCUT2D eigenvalue weighted by Gasteiger charge is 2.36. The van der Waals surface area contributed by atoms with Gasteiger partial charge in [-0.25, -0.2) is 0 Å². The number of likely N-dealkylation sites (tertiary alicyclic amines) is 1. The predicted molar refractivity (Wildman–Crippen MR) is 89.1 cm³/mol. The van der Waals surface area contributed by atoms with Crippen molar-refractivity contribution in [2.45, 2.75) is 59.1 Å². The van der Waals surface area contributed by atoms with Gasteiger partial charge in [-0.15, -0.1) is 0 Å². The van der Waals surface area contributed by atoms with Crippen LogP contribution in [0.5, 0.6) is 5.75 Å². The maximum absolute atomic E-state index is 12.8. The molecular weight excluding hydrogens is 276 g/mol. The summed E-state index contributed by atoms with van der Waals surface area (Å²) in [5, 5.41) is 0. The Morgan fingerprint density at radius 2 is 1.82 bits per heavy atom. The second kappa shape index (κ2) is 6.29. The normalized spacial score (nSPS) is 16.7. The van der Waals surface area contributed by atoms with Gasteiger partial charge in [0, 0.05) is 19.1 Å². The molecule has 1 saturated heterocycles. The lowest BCUT2D eigenvalue weighted by molar-refractivity contribution is -0.146. The number of hydrogen-bond donors (Lipinski definition) is 1. The van der Waals surface area contributed by atoms with Crippen LogP contribution in [-0.2, 0) is 4.79 Å². The maximum Gasteiger partial charge on any atom is 0.266 e. The Hall–Kier alpha value is -1.55. The molecule has 2 rings (SSSR count). The van der Waals surface area contributed by atoms with Crippen LogP contribution in [0.25, 0.3) is 0 Å². The molecule has 1 fully saturated rings. The lowest BCUT2D eigenvalue weighted by Crippen LogP contribution is -2.52. The Morgan fingerprint density at radius 1 is 1.23 bits per heavy atom. The van der Waals surface area contributed by atoms with E-state index in [2.05, 4.69) is 13.0 Å². The molecule has 0 radical (unpaired) electrons. The molecule has 0 unspecified atom stereocenters. The van der Waals surface area contributed by atoms with Crippen LogP contribution in [0.4, 0.5) is 0 Å². The first-order valence-electron chi connectivity index (χ1n) is 8.02. The second-order valence-electron chi connectivity index (χ2n) is 6.95. The molecule has 1 amide bonds. The average Bonchev–Trinajstić information content (AvgIpc) is 2.44. The first-order valence-corrected chi connectivity index (χ1v) is 8.02. The van der Waals surface area contributed by atoms with Crippen molar-refractivity contribution in [1.29, 1.82) is 0 Å². The molecule has 0 bridgehead atoms. The van der Waals surface area contributed by atoms with Crippen molar-refractivity contribution in [1.82, 2.24) is 4.90 Å². The number of nitrogens with two attached hydrogens (primary N) is 1. The van der Waals surface area contributed by atoms with Crippen LogP contribution in [-0.4, -0.2) is 35.5 Å². The smallest absolute Gasteiger partial charge is 0.266 e. The van der Waals surface area contributed by atoms with Gasteiger partial charge in [0.15, 0.2) is 5.60 Å². The first-order chi connectivity index (χ1) is 10.2. The third kappa shape index (κ3) is 3.61. The summed E-state index contributed by atoms with van der Waals surface area (Å²) in [6.45, 7) is 11.3. The van der Waals surface area contributed by atoms with Crippen LogP contribution in [0.1, 0.15) is 43.4 Å². The summed E-state index contributed by atoms with van der Waals surface area (Å²) < 4.78 is 6.11. The fourth-order valence-corrected chi connectivity index (χ4v) is 2.91. The van der Waals surface area contributed by atoms with Gasteiger partial charge >= 0.3 is 0 Å². The standard InChI is InChI=1S/C18H28N2O2/c1-12-10-13(2)14(3)16(11-12)22-18(4,5)17(21)20-8-6-15(19)7-9-20/h10-11,15H,6-9,19H2,1-5H3. The van der Waals surface area contributed by atoms with Gasteiger partial charge in [-0.1, -0.05) is 6.07 Å². The minimum absolute atomic E-state index is 0.0398. The maximum atomic E-state index is 12.8. The highest BCUT2D eigenvalue weighted by atomic mass is 16.5. The van der Waals surface area contributed by atoms with E-state index >= 15 is 0 Å². The van der Waals surface area contributed by atoms with Crippen molar-refractivity contribution >= 4 is 5.91 Å². The van der Waals surface area contributed by atoms with E-state index in [0.717, 1.165) is 42.8 Å². The molecule has 4 heteroatoms. The minimum Gasteiger partial charge on any atom is -0.478 e. The third-order valence-electron chi connectivity index (χ3n) is 4.47. The number of ether oxygens (including phenoxy) is 1. The van der Waals surface area contributed by atoms with Crippen LogP contribution >= 0.6 is 0 Å². The molecule has 1 aromatic rings. The highest BCUT2D eigenvalue weighted by molar-refractivity contribution is 5.85. The molecule has 1 heterocycles. The Bertz CT molecular complexity index is 558. The number of benzene rings is 1. The minimum atomic E-state index is -0.869. The van der Waals surface area contributed by atoms with E-state index in [1.54, 1.807) is 0 Å². The highest BCUT2D eigenvalue weighted by Crippen LogP contribution is 2.28. The van der Waals surface area contributed by atoms with Crippen LogP contribution in [0.15, 0.2) is 12.1 Å². The van der Waals surface area contributed by atoms with Gasteiger partial charge in [0.1, 0.15) is 5.75 Å². The number of amides is 1. The van der Waals surface area contributed by atoms with E-state index < -0.39 is 5.60 Å². The molecule has 4 nitrogen and oxygen atoms in total. The van der Waals surface area contributed by atoms with Crippen molar-refractivity contribution in [2.75, 3.05) is 13.1 Å². The summed E-state index contributed by atoms with van der Waals surface area (Å²) in [6.07, 6.45) is 1.73. The Morgan fingerprint density at radius 3 is 2.41 bits per heavy atom. The SMILES string of the molecule is Cc1cc(C)c(C)c(OC(C)(C)C(=O)N2CCC(N)CC2)c1. The Labute approximate surface area is 133 Å². The van der Waals surface area contributed by atoms with Gasteiger partial charge in [0.25, 0.3) is 5.91 Å². The van der Waals surface area contributed by atoms with Crippen LogP contribution in [0.3, 0.4) is 0 Å². The third-order valence-corrected chi connectivity index (χ3v) is 4.47. The van der Waals surface area contributed by atoms with Gasteiger partial charge in [-0.3, -0.25) is 4.79 Å². The van der Waals surface area contributed by atoms with Gasteiger partial charge in [-0.2, -0.15) is 0 Å². The molecule has 22 heavy (non-hydrogen) atoms. The Kier molecular flexibility index (Phi) is 4.81. The predicted octanol–water partition coefficient (Wildman–Crippen LogP) is 2.72. The molecule has 0 atom stereocenters. The molecule has 0 saturated carbocycles. The lowest BCUT2D eigenvalue weighted by Gasteiger charge is -2.36. The number of hydrogen-bond acceptors (Lipinski definition) is 3. The zero-order valence-corrected chi connectivity index (χ0v) is 14.4. The largest absolute Gasteiger partial charge is 0.478 e. The number of carbonyl (C=O) groups excluding carboxylic acids is 1. The van der Waals surface area contributed by atoms with Crippen molar-refractivity contribution in [2.24, 2.45) is 5.73 Å². The van der Waals surface area contributed by atoms with E-state index in [4.69, 9.17) is 10.5 Å². The second-order valence-corrected chi connectivity index (χ2v) is 6.95. The molecular formula is C18H28N2O2. The Balaban J connectivity index is 2.15. The summed E-state index contributed by atoms with van der Waals surface area (Å²) in [4.78, 5) is 14.6. The van der Waals surface area contributed by atoms with Crippen molar-refractivity contribution < 1.29 is 9.53 Å². The number of rotatable bonds is 3. The van der Waals surface area contributed by atoms with Crippen LogP contribution in [0.2, 0.25) is 0 Å². The van der Waals surface area contributed by atoms with E-state index in [0.29, 0.717) is 0 Å². The van der Waals surface area contributed by atoms with Gasteiger partial charge in [0.2, 0.25) is 0 Å². The van der Waals surface area contributed by atoms with Crippen molar-refractivity contribution in [3.63, 3.8) is 0 Å². The average molecular weight is 304 g/mol. The number of carbonyl (C=O) groups is 1. The van der Waals surface area contributed by atoms with Crippen molar-refractivity contribution in [3.8, 4) is 5.75 Å². The molecule has 1 aromatic carbocycles. The van der Waals surface area contributed by atoms with E-state index in [1.165, 1.54) is 5.56 Å².